The van der Waals surface area contributed by atoms with E-state index in [1.807, 2.05) is 13.0 Å². The van der Waals surface area contributed by atoms with E-state index in [0.29, 0.717) is 5.69 Å². The van der Waals surface area contributed by atoms with Crippen LogP contribution in [0.2, 0.25) is 0 Å². The van der Waals surface area contributed by atoms with Gasteiger partial charge in [-0.05, 0) is 42.8 Å². The molecule has 32 heavy (non-hydrogen) atoms. The molecule has 0 fully saturated rings. The molecule has 0 aliphatic carbocycles. The predicted octanol–water partition coefficient (Wildman–Crippen LogP) is 3.25. The summed E-state index contributed by atoms with van der Waals surface area (Å²) in [5.74, 6) is -0.708. The zero-order chi connectivity index (χ0) is 23.1. The Morgan fingerprint density at radius 1 is 1.06 bits per heavy atom. The number of hydrogen-bond acceptors (Lipinski definition) is 6. The number of carbonyl (C=O) groups excluding carboxylic acids is 1. The summed E-state index contributed by atoms with van der Waals surface area (Å²) in [6.45, 7) is 1.28. The van der Waals surface area contributed by atoms with Gasteiger partial charge in [0.1, 0.15) is 6.54 Å². The fourth-order valence-electron chi connectivity index (χ4n) is 2.92. The molecule has 9 nitrogen and oxygen atoms in total. The van der Waals surface area contributed by atoms with Crippen LogP contribution in [0.3, 0.4) is 0 Å². The second kappa shape index (κ2) is 9.84. The Labute approximate surface area is 185 Å². The highest BCUT2D eigenvalue weighted by Crippen LogP contribution is 2.24. The van der Waals surface area contributed by atoms with Gasteiger partial charge in [-0.25, -0.2) is 13.8 Å². The first-order valence-electron chi connectivity index (χ1n) is 9.49. The summed E-state index contributed by atoms with van der Waals surface area (Å²) < 4.78 is 27.4. The van der Waals surface area contributed by atoms with Crippen LogP contribution < -0.4 is 9.73 Å². The van der Waals surface area contributed by atoms with Gasteiger partial charge in [0, 0.05) is 6.07 Å². The molecule has 0 saturated carbocycles. The van der Waals surface area contributed by atoms with E-state index in [9.17, 15) is 23.3 Å². The Hall–Kier alpha value is -4.05. The SMILES string of the molecule is Cc1cccc(N(CC(=O)N/N=C\c2ccccc2[N+](=O)[O-])S(=O)(=O)c2ccccc2)c1. The number of anilines is 1. The van der Waals surface area contributed by atoms with Crippen LogP contribution >= 0.6 is 0 Å². The highest BCUT2D eigenvalue weighted by molar-refractivity contribution is 7.92. The number of nitro groups is 1. The molecule has 0 radical (unpaired) electrons. The Bertz CT molecular complexity index is 1260. The smallest absolute Gasteiger partial charge is 0.271 e. The average molecular weight is 452 g/mol. The first-order valence-corrected chi connectivity index (χ1v) is 10.9. The molecule has 0 aliphatic heterocycles. The minimum atomic E-state index is -4.03. The molecule has 3 aromatic carbocycles. The molecule has 0 aliphatic rings. The molecule has 3 rings (SSSR count). The molecule has 0 atom stereocenters. The van der Waals surface area contributed by atoms with Crippen molar-refractivity contribution in [2.45, 2.75) is 11.8 Å². The minimum absolute atomic E-state index is 0.0396. The summed E-state index contributed by atoms with van der Waals surface area (Å²) in [7, 11) is -4.03. The lowest BCUT2D eigenvalue weighted by atomic mass is 10.2. The second-order valence-electron chi connectivity index (χ2n) is 6.77. The van der Waals surface area contributed by atoms with Crippen LogP contribution in [0.4, 0.5) is 11.4 Å². The predicted molar refractivity (Wildman–Crippen MR) is 121 cm³/mol. The lowest BCUT2D eigenvalue weighted by Gasteiger charge is -2.24. The summed E-state index contributed by atoms with van der Waals surface area (Å²) in [6, 6.07) is 20.5. The average Bonchev–Trinajstić information content (AvgIpc) is 2.78. The normalized spacial score (nSPS) is 11.3. The van der Waals surface area contributed by atoms with E-state index in [4.69, 9.17) is 0 Å². The minimum Gasteiger partial charge on any atom is -0.271 e. The zero-order valence-corrected chi connectivity index (χ0v) is 17.9. The third kappa shape index (κ3) is 5.35. The van der Waals surface area contributed by atoms with Gasteiger partial charge >= 0.3 is 0 Å². The summed E-state index contributed by atoms with van der Waals surface area (Å²) in [6.07, 6.45) is 1.14. The first-order chi connectivity index (χ1) is 15.3. The van der Waals surface area contributed by atoms with Crippen molar-refractivity contribution in [2.75, 3.05) is 10.8 Å². The van der Waals surface area contributed by atoms with Crippen molar-refractivity contribution < 1.29 is 18.1 Å². The maximum Gasteiger partial charge on any atom is 0.278 e. The fourth-order valence-corrected chi connectivity index (χ4v) is 4.35. The van der Waals surface area contributed by atoms with Gasteiger partial charge in [0.2, 0.25) is 0 Å². The number of rotatable bonds is 8. The van der Waals surface area contributed by atoms with Crippen LogP contribution in [-0.2, 0) is 14.8 Å². The van der Waals surface area contributed by atoms with Gasteiger partial charge in [-0.1, -0.05) is 42.5 Å². The molecule has 0 aromatic heterocycles. The summed E-state index contributed by atoms with van der Waals surface area (Å²) in [5, 5.41) is 14.8. The van der Waals surface area contributed by atoms with Crippen molar-refractivity contribution in [3.05, 3.63) is 100 Å². The molecule has 10 heteroatoms. The fraction of sp³-hybridized carbons (Fsp3) is 0.0909. The first kappa shape index (κ1) is 22.6. The number of nitro benzene ring substituents is 1. The van der Waals surface area contributed by atoms with E-state index in [1.165, 1.54) is 30.3 Å². The van der Waals surface area contributed by atoms with Crippen molar-refractivity contribution in [2.24, 2.45) is 5.10 Å². The molecular formula is C22H20N4O5S. The van der Waals surface area contributed by atoms with Gasteiger partial charge in [0.25, 0.3) is 21.6 Å². The third-order valence-electron chi connectivity index (χ3n) is 4.43. The molecule has 0 heterocycles. The quantitative estimate of drug-likeness (QED) is 0.319. The van der Waals surface area contributed by atoms with Crippen LogP contribution in [0.15, 0.2) is 88.9 Å². The third-order valence-corrected chi connectivity index (χ3v) is 6.22. The van der Waals surface area contributed by atoms with E-state index < -0.39 is 27.4 Å². The Morgan fingerprint density at radius 2 is 1.75 bits per heavy atom. The number of aryl methyl sites for hydroxylation is 1. The van der Waals surface area contributed by atoms with E-state index >= 15 is 0 Å². The maximum atomic E-state index is 13.2. The number of sulfonamides is 1. The van der Waals surface area contributed by atoms with Gasteiger partial charge in [-0.2, -0.15) is 5.10 Å². The van der Waals surface area contributed by atoms with E-state index in [0.717, 1.165) is 16.1 Å². The number of carbonyl (C=O) groups is 1. The topological polar surface area (TPSA) is 122 Å². The number of amides is 1. The second-order valence-corrected chi connectivity index (χ2v) is 8.64. The molecule has 164 valence electrons. The lowest BCUT2D eigenvalue weighted by Crippen LogP contribution is -2.39. The largest absolute Gasteiger partial charge is 0.278 e. The number of nitrogens with zero attached hydrogens (tertiary/aromatic N) is 3. The summed E-state index contributed by atoms with van der Waals surface area (Å²) in [4.78, 5) is 23.1. The monoisotopic (exact) mass is 452 g/mol. The standard InChI is InChI=1S/C22H20N4O5S/c1-17-8-7-10-19(14-17)25(32(30,31)20-11-3-2-4-12-20)16-22(27)24-23-15-18-9-5-6-13-21(18)26(28)29/h2-15H,16H2,1H3,(H,24,27)/b23-15-. The molecular weight excluding hydrogens is 432 g/mol. The maximum absolute atomic E-state index is 13.2. The van der Waals surface area contributed by atoms with Crippen LogP contribution in [0.1, 0.15) is 11.1 Å². The molecule has 0 unspecified atom stereocenters. The highest BCUT2D eigenvalue weighted by atomic mass is 32.2. The summed E-state index contributed by atoms with van der Waals surface area (Å²) in [5.41, 5.74) is 3.42. The van der Waals surface area contributed by atoms with Crippen molar-refractivity contribution in [1.29, 1.82) is 0 Å². The Balaban J connectivity index is 1.84. The van der Waals surface area contributed by atoms with Crippen molar-refractivity contribution in [3.63, 3.8) is 0 Å². The Morgan fingerprint density at radius 3 is 2.44 bits per heavy atom. The lowest BCUT2D eigenvalue weighted by molar-refractivity contribution is -0.385. The molecule has 0 spiro atoms. The number of hydrogen-bond donors (Lipinski definition) is 1. The van der Waals surface area contributed by atoms with Crippen LogP contribution in [0, 0.1) is 17.0 Å². The van der Waals surface area contributed by atoms with Crippen molar-refractivity contribution in [3.8, 4) is 0 Å². The molecule has 3 aromatic rings. The molecule has 0 saturated heterocycles. The Kier molecular flexibility index (Phi) is 6.96. The number of benzene rings is 3. The van der Waals surface area contributed by atoms with Gasteiger partial charge in [0.15, 0.2) is 0 Å². The molecule has 0 bridgehead atoms. The van der Waals surface area contributed by atoms with E-state index in [1.54, 1.807) is 42.5 Å². The number of hydrazone groups is 1. The summed E-state index contributed by atoms with van der Waals surface area (Å²) >= 11 is 0. The van der Waals surface area contributed by atoms with Gasteiger partial charge in [-0.15, -0.1) is 0 Å². The molecule has 1 N–H and O–H groups in total. The molecule has 1 amide bonds. The van der Waals surface area contributed by atoms with Gasteiger partial charge < -0.3 is 0 Å². The van der Waals surface area contributed by atoms with E-state index in [2.05, 4.69) is 10.5 Å². The van der Waals surface area contributed by atoms with Crippen LogP contribution in [-0.4, -0.2) is 32.0 Å². The number of para-hydroxylation sites is 1. The zero-order valence-electron chi connectivity index (χ0n) is 17.1. The van der Waals surface area contributed by atoms with Crippen LogP contribution in [0.25, 0.3) is 0 Å². The van der Waals surface area contributed by atoms with Gasteiger partial charge in [-0.3, -0.25) is 19.2 Å². The van der Waals surface area contributed by atoms with E-state index in [-0.39, 0.29) is 16.1 Å². The highest BCUT2D eigenvalue weighted by Gasteiger charge is 2.27. The van der Waals surface area contributed by atoms with Gasteiger partial charge in [0.05, 0.1) is 27.3 Å². The van der Waals surface area contributed by atoms with Crippen LogP contribution in [0.5, 0.6) is 0 Å². The van der Waals surface area contributed by atoms with Crippen molar-refractivity contribution >= 4 is 33.5 Å². The van der Waals surface area contributed by atoms with Crippen molar-refractivity contribution in [1.82, 2.24) is 5.43 Å². The number of nitrogens with one attached hydrogen (secondary N) is 1.